The maximum Gasteiger partial charge on any atom is 0.573 e. The van der Waals surface area contributed by atoms with Crippen molar-refractivity contribution < 1.29 is 22.7 Å². The molecule has 0 atom stereocenters. The van der Waals surface area contributed by atoms with Gasteiger partial charge < -0.3 is 19.9 Å². The monoisotopic (exact) mass is 381 g/mol. The zero-order chi connectivity index (χ0) is 19.8. The van der Waals surface area contributed by atoms with E-state index in [1.807, 2.05) is 0 Å². The Morgan fingerprint density at radius 1 is 1.26 bits per heavy atom. The van der Waals surface area contributed by atoms with Crippen molar-refractivity contribution >= 4 is 11.7 Å². The summed E-state index contributed by atoms with van der Waals surface area (Å²) in [5.41, 5.74) is 0.150. The lowest BCUT2D eigenvalue weighted by Gasteiger charge is -2.20. The molecule has 1 saturated carbocycles. The second kappa shape index (κ2) is 6.64. The third kappa shape index (κ3) is 4.24. The molecule has 2 aromatic rings. The van der Waals surface area contributed by atoms with E-state index in [1.54, 1.807) is 32.3 Å². The van der Waals surface area contributed by atoms with Gasteiger partial charge in [-0.15, -0.1) is 13.2 Å². The molecule has 6 nitrogen and oxygen atoms in total. The molecule has 1 aliphatic rings. The minimum Gasteiger partial charge on any atom is -0.406 e. The van der Waals surface area contributed by atoms with Crippen LogP contribution >= 0.6 is 0 Å². The number of pyridine rings is 1. The number of ether oxygens (including phenoxy) is 1. The Morgan fingerprint density at radius 3 is 2.59 bits per heavy atom. The van der Waals surface area contributed by atoms with Crippen LogP contribution in [0.2, 0.25) is 0 Å². The lowest BCUT2D eigenvalue weighted by Crippen LogP contribution is -2.39. The Labute approximate surface area is 152 Å². The summed E-state index contributed by atoms with van der Waals surface area (Å²) < 4.78 is 42.5. The van der Waals surface area contributed by atoms with E-state index in [9.17, 15) is 22.8 Å². The van der Waals surface area contributed by atoms with Crippen LogP contribution in [-0.4, -0.2) is 17.0 Å². The highest BCUT2D eigenvalue weighted by molar-refractivity contribution is 5.90. The smallest absolute Gasteiger partial charge is 0.406 e. The molecule has 0 saturated heterocycles. The van der Waals surface area contributed by atoms with E-state index in [4.69, 9.17) is 0 Å². The molecular formula is C18H18F3N3O3. The molecule has 1 aliphatic carbocycles. The van der Waals surface area contributed by atoms with Crippen molar-refractivity contribution in [1.82, 2.24) is 9.88 Å². The van der Waals surface area contributed by atoms with E-state index in [0.29, 0.717) is 24.0 Å². The number of nitrogens with zero attached hydrogens (tertiary/aromatic N) is 1. The minimum atomic E-state index is -4.79. The molecule has 1 heterocycles. The van der Waals surface area contributed by atoms with Gasteiger partial charge in [-0.2, -0.15) is 0 Å². The molecule has 2 amide bonds. The number of carbonyl (C=O) groups excluding carboxylic acids is 1. The fourth-order valence-electron chi connectivity index (χ4n) is 2.84. The van der Waals surface area contributed by atoms with Crippen molar-refractivity contribution in [3.63, 3.8) is 0 Å². The summed E-state index contributed by atoms with van der Waals surface area (Å²) in [4.78, 5) is 24.5. The zero-order valence-electron chi connectivity index (χ0n) is 14.7. The molecule has 27 heavy (non-hydrogen) atoms. The van der Waals surface area contributed by atoms with Crippen LogP contribution in [0.25, 0.3) is 0 Å². The number of urea groups is 1. The second-order valence-corrected chi connectivity index (χ2v) is 6.53. The van der Waals surface area contributed by atoms with Gasteiger partial charge in [0.15, 0.2) is 0 Å². The Bertz CT molecular complexity index is 933. The highest BCUT2D eigenvalue weighted by atomic mass is 19.4. The molecule has 144 valence electrons. The molecule has 9 heteroatoms. The van der Waals surface area contributed by atoms with E-state index < -0.39 is 17.9 Å². The van der Waals surface area contributed by atoms with Crippen LogP contribution in [0.15, 0.2) is 41.3 Å². The number of alkyl halides is 3. The van der Waals surface area contributed by atoms with Gasteiger partial charge >= 0.3 is 12.4 Å². The second-order valence-electron chi connectivity index (χ2n) is 6.53. The third-order valence-electron chi connectivity index (χ3n) is 4.44. The number of aromatic nitrogens is 1. The number of benzene rings is 1. The number of aryl methyl sites for hydroxylation is 2. The molecular weight excluding hydrogens is 363 g/mol. The van der Waals surface area contributed by atoms with Gasteiger partial charge in [-0.1, -0.05) is 12.1 Å². The van der Waals surface area contributed by atoms with Gasteiger partial charge in [0, 0.05) is 13.2 Å². The van der Waals surface area contributed by atoms with Gasteiger partial charge in [-0.25, -0.2) is 4.79 Å². The lowest BCUT2D eigenvalue weighted by atomic mass is 10.0. The fourth-order valence-corrected chi connectivity index (χ4v) is 2.84. The molecule has 0 unspecified atom stereocenters. The summed E-state index contributed by atoms with van der Waals surface area (Å²) in [5.74, 6) is -0.346. The van der Waals surface area contributed by atoms with Crippen LogP contribution in [0.1, 0.15) is 24.0 Å². The molecule has 0 spiro atoms. The highest BCUT2D eigenvalue weighted by Gasteiger charge is 2.46. The first-order valence-corrected chi connectivity index (χ1v) is 8.21. The molecule has 0 radical (unpaired) electrons. The maximum atomic E-state index is 12.4. The van der Waals surface area contributed by atoms with Crippen LogP contribution in [0.4, 0.5) is 23.7 Å². The van der Waals surface area contributed by atoms with Crippen molar-refractivity contribution in [1.29, 1.82) is 0 Å². The Balaban J connectivity index is 1.76. The third-order valence-corrected chi connectivity index (χ3v) is 4.44. The van der Waals surface area contributed by atoms with E-state index >= 15 is 0 Å². The van der Waals surface area contributed by atoms with Crippen molar-refractivity contribution in [3.05, 3.63) is 58.0 Å². The summed E-state index contributed by atoms with van der Waals surface area (Å²) >= 11 is 0. The fraction of sp³-hybridized carbons (Fsp3) is 0.333. The van der Waals surface area contributed by atoms with Crippen LogP contribution < -0.4 is 20.9 Å². The van der Waals surface area contributed by atoms with Gasteiger partial charge in [0.2, 0.25) is 0 Å². The molecule has 1 aromatic carbocycles. The van der Waals surface area contributed by atoms with Crippen molar-refractivity contribution in [2.24, 2.45) is 7.05 Å². The summed E-state index contributed by atoms with van der Waals surface area (Å²) in [6.45, 7) is 1.70. The number of nitrogens with one attached hydrogen (secondary N) is 2. The first kappa shape index (κ1) is 18.8. The standard InChI is InChI=1S/C18H18F3N3O3/c1-11-6-9-24(2)15(25)14(11)22-16(26)23-17(7-8-17)12-4-3-5-13(10-12)27-18(19,20)21/h3-6,9-10H,7-8H2,1-2H3,(H2,22,23,26). The molecule has 0 aliphatic heterocycles. The Kier molecular flexibility index (Phi) is 4.63. The van der Waals surface area contributed by atoms with Gasteiger partial charge in [0.05, 0.1) is 5.54 Å². The van der Waals surface area contributed by atoms with E-state index in [-0.39, 0.29) is 17.0 Å². The molecule has 2 N–H and O–H groups in total. The number of hydrogen-bond donors (Lipinski definition) is 2. The average Bonchev–Trinajstić information content (AvgIpc) is 3.34. The predicted molar refractivity (Wildman–Crippen MR) is 92.6 cm³/mol. The normalized spacial score (nSPS) is 15.1. The molecule has 1 fully saturated rings. The summed E-state index contributed by atoms with van der Waals surface area (Å²) in [6.07, 6.45) is -2.05. The Hall–Kier alpha value is -2.97. The van der Waals surface area contributed by atoms with E-state index in [2.05, 4.69) is 15.4 Å². The van der Waals surface area contributed by atoms with Gasteiger partial charge in [-0.3, -0.25) is 4.79 Å². The molecule has 0 bridgehead atoms. The van der Waals surface area contributed by atoms with E-state index in [0.717, 1.165) is 0 Å². The summed E-state index contributed by atoms with van der Waals surface area (Å²) in [6, 6.07) is 6.62. The zero-order valence-corrected chi connectivity index (χ0v) is 14.7. The lowest BCUT2D eigenvalue weighted by molar-refractivity contribution is -0.274. The van der Waals surface area contributed by atoms with Crippen LogP contribution in [0.3, 0.4) is 0 Å². The van der Waals surface area contributed by atoms with Crippen LogP contribution in [-0.2, 0) is 12.6 Å². The van der Waals surface area contributed by atoms with Gasteiger partial charge in [0.1, 0.15) is 11.4 Å². The number of carbonyl (C=O) groups is 1. The van der Waals surface area contributed by atoms with Crippen molar-refractivity contribution in [2.45, 2.75) is 31.7 Å². The quantitative estimate of drug-likeness (QED) is 0.853. The number of anilines is 1. The maximum absolute atomic E-state index is 12.4. The average molecular weight is 381 g/mol. The number of amides is 2. The molecule has 1 aromatic heterocycles. The first-order chi connectivity index (χ1) is 12.6. The number of hydrogen-bond acceptors (Lipinski definition) is 3. The molecule has 3 rings (SSSR count). The van der Waals surface area contributed by atoms with E-state index in [1.165, 1.54) is 22.8 Å². The number of rotatable bonds is 4. The Morgan fingerprint density at radius 2 is 1.96 bits per heavy atom. The summed E-state index contributed by atoms with van der Waals surface area (Å²) in [7, 11) is 1.57. The SMILES string of the molecule is Cc1ccn(C)c(=O)c1NC(=O)NC1(c2cccc(OC(F)(F)F)c2)CC1. The topological polar surface area (TPSA) is 72.4 Å². The predicted octanol–water partition coefficient (Wildman–Crippen LogP) is 3.40. The summed E-state index contributed by atoms with van der Waals surface area (Å²) in [5, 5.41) is 5.30. The van der Waals surface area contributed by atoms with Gasteiger partial charge in [-0.05, 0) is 49.1 Å². The van der Waals surface area contributed by atoms with Crippen LogP contribution in [0.5, 0.6) is 5.75 Å². The van der Waals surface area contributed by atoms with Gasteiger partial charge in [0.25, 0.3) is 5.56 Å². The number of halogens is 3. The van der Waals surface area contributed by atoms with Crippen molar-refractivity contribution in [3.8, 4) is 5.75 Å². The first-order valence-electron chi connectivity index (χ1n) is 8.21. The largest absolute Gasteiger partial charge is 0.573 e. The van der Waals surface area contributed by atoms with Crippen molar-refractivity contribution in [2.75, 3.05) is 5.32 Å². The highest BCUT2D eigenvalue weighted by Crippen LogP contribution is 2.46. The minimum absolute atomic E-state index is 0.155. The van der Waals surface area contributed by atoms with Crippen LogP contribution in [0, 0.1) is 6.92 Å².